The van der Waals surface area contributed by atoms with Crippen LogP contribution in [-0.2, 0) is 14.0 Å². The summed E-state index contributed by atoms with van der Waals surface area (Å²) in [5.41, 5.74) is -4.22. The molecule has 50 heavy (non-hydrogen) atoms. The maximum absolute atomic E-state index is 14.3. The Balaban J connectivity index is 1.52. The summed E-state index contributed by atoms with van der Waals surface area (Å²) in [5.74, 6) is -0.832. The molecule has 3 aromatic carbocycles. The molecule has 4 atom stereocenters. The molecule has 2 aliphatic heterocycles. The standard InChI is InChI=1S/C41H52N2O5SSi/c1-37(2,3)47-36(45)43-26-18-25-40(43)28-33-39(7,8)34(32(27-41(33,46)42-35(40)44)49-29-19-12-9-13-20-29)48-50(38(4,5)6,30-21-14-10-15-22-30)31-23-16-11-17-24-31/h9-17,19-24,27,33-34,46H,18,25-26,28H2,1-8H3,(H,42,44)/t33-,34-,40-,41+/m1/s1. The lowest BCUT2D eigenvalue weighted by Crippen LogP contribution is -2.75. The van der Waals surface area contributed by atoms with Crippen LogP contribution < -0.4 is 15.7 Å². The minimum Gasteiger partial charge on any atom is -0.444 e. The van der Waals surface area contributed by atoms with Crippen molar-refractivity contribution in [3.05, 3.63) is 102 Å². The van der Waals surface area contributed by atoms with E-state index >= 15 is 0 Å². The lowest BCUT2D eigenvalue weighted by atomic mass is 9.59. The van der Waals surface area contributed by atoms with E-state index in [-0.39, 0.29) is 17.4 Å². The molecule has 6 rings (SSSR count). The molecular formula is C41H52N2O5SSi. The van der Waals surface area contributed by atoms with Gasteiger partial charge in [0.15, 0.2) is 5.72 Å². The summed E-state index contributed by atoms with van der Waals surface area (Å²) >= 11 is 1.57. The highest BCUT2D eigenvalue weighted by atomic mass is 32.2. The SMILES string of the molecule is CC(C)(C)OC(=O)N1CCC[C@]12C[C@@H]1C(C)(C)[C@H](O[Si](c3ccccc3)(c3ccccc3)C(C)(C)C)C(Sc3ccccc3)=C[C@@]1(O)NC2=O. The molecule has 0 unspecified atom stereocenters. The van der Waals surface area contributed by atoms with E-state index < -0.39 is 48.7 Å². The Morgan fingerprint density at radius 3 is 1.96 bits per heavy atom. The van der Waals surface area contributed by atoms with Gasteiger partial charge in [-0.1, -0.05) is 125 Å². The van der Waals surface area contributed by atoms with Crippen molar-refractivity contribution >= 4 is 42.5 Å². The molecule has 0 aromatic heterocycles. The van der Waals surface area contributed by atoms with Gasteiger partial charge in [-0.15, -0.1) is 0 Å². The van der Waals surface area contributed by atoms with Crippen LogP contribution in [0.4, 0.5) is 4.79 Å². The van der Waals surface area contributed by atoms with Gasteiger partial charge < -0.3 is 19.6 Å². The van der Waals surface area contributed by atoms with E-state index in [9.17, 15) is 14.7 Å². The summed E-state index contributed by atoms with van der Waals surface area (Å²) in [6.45, 7) is 17.0. The first-order chi connectivity index (χ1) is 23.4. The third-order valence-corrected chi connectivity index (χ3v) is 16.9. The number of aliphatic hydroxyl groups is 1. The second kappa shape index (κ2) is 13.0. The largest absolute Gasteiger partial charge is 0.444 e. The highest BCUT2D eigenvalue weighted by Crippen LogP contribution is 2.57. The topological polar surface area (TPSA) is 88.1 Å². The number of benzene rings is 3. The molecule has 2 amide bonds. The van der Waals surface area contributed by atoms with Crippen LogP contribution in [0.25, 0.3) is 0 Å². The maximum atomic E-state index is 14.3. The molecule has 3 aromatic rings. The van der Waals surface area contributed by atoms with E-state index in [1.165, 1.54) is 10.4 Å². The van der Waals surface area contributed by atoms with E-state index in [4.69, 9.17) is 9.16 Å². The van der Waals surface area contributed by atoms with E-state index in [1.807, 2.05) is 57.2 Å². The fraction of sp³-hybridized carbons (Fsp3) is 0.463. The number of piperidine rings is 1. The quantitative estimate of drug-likeness (QED) is 0.262. The van der Waals surface area contributed by atoms with Gasteiger partial charge in [0.2, 0.25) is 5.91 Å². The van der Waals surface area contributed by atoms with Crippen LogP contribution in [-0.4, -0.2) is 59.8 Å². The molecule has 2 saturated heterocycles. The summed E-state index contributed by atoms with van der Waals surface area (Å²) < 4.78 is 13.8. The molecule has 1 spiro atoms. The van der Waals surface area contributed by atoms with Crippen molar-refractivity contribution in [2.75, 3.05) is 6.54 Å². The number of hydrogen-bond donors (Lipinski definition) is 2. The molecule has 2 heterocycles. The fourth-order valence-electron chi connectivity index (χ4n) is 8.48. The molecule has 0 saturated carbocycles. The van der Waals surface area contributed by atoms with E-state index in [0.29, 0.717) is 19.4 Å². The molecule has 1 aliphatic carbocycles. The number of nitrogens with zero attached hydrogens (tertiary/aromatic N) is 1. The van der Waals surface area contributed by atoms with Crippen molar-refractivity contribution in [3.8, 4) is 0 Å². The van der Waals surface area contributed by atoms with Gasteiger partial charge in [0, 0.05) is 27.7 Å². The lowest BCUT2D eigenvalue weighted by Gasteiger charge is -2.59. The molecule has 0 radical (unpaired) electrons. The van der Waals surface area contributed by atoms with E-state index in [1.54, 1.807) is 16.7 Å². The van der Waals surface area contributed by atoms with Gasteiger partial charge in [0.25, 0.3) is 8.32 Å². The Hall–Kier alpha value is -3.37. The van der Waals surface area contributed by atoms with Crippen LogP contribution in [0.1, 0.15) is 74.7 Å². The van der Waals surface area contributed by atoms with Crippen molar-refractivity contribution in [3.63, 3.8) is 0 Å². The zero-order valence-electron chi connectivity index (χ0n) is 30.7. The first-order valence-electron chi connectivity index (χ1n) is 17.7. The molecule has 7 nitrogen and oxygen atoms in total. The highest BCUT2D eigenvalue weighted by Gasteiger charge is 2.66. The average Bonchev–Trinajstić information content (AvgIpc) is 3.47. The van der Waals surface area contributed by atoms with Crippen molar-refractivity contribution in [2.45, 2.75) is 108 Å². The molecule has 9 heteroatoms. The minimum atomic E-state index is -3.08. The smallest absolute Gasteiger partial charge is 0.411 e. The van der Waals surface area contributed by atoms with Gasteiger partial charge in [-0.25, -0.2) is 4.79 Å². The summed E-state index contributed by atoms with van der Waals surface area (Å²) in [6, 6.07) is 31.3. The second-order valence-electron chi connectivity index (χ2n) is 16.7. The van der Waals surface area contributed by atoms with Gasteiger partial charge in [-0.2, -0.15) is 0 Å². The third-order valence-electron chi connectivity index (χ3n) is 10.8. The Morgan fingerprint density at radius 1 is 0.900 bits per heavy atom. The van der Waals surface area contributed by atoms with Crippen LogP contribution in [0.15, 0.2) is 107 Å². The normalized spacial score (nSPS) is 26.6. The molecule has 3 aliphatic rings. The highest BCUT2D eigenvalue weighted by molar-refractivity contribution is 8.03. The van der Waals surface area contributed by atoms with Gasteiger partial charge in [-0.05, 0) is 73.7 Å². The molecular weight excluding hydrogens is 661 g/mol. The summed E-state index contributed by atoms with van der Waals surface area (Å²) in [7, 11) is -3.08. The van der Waals surface area contributed by atoms with Crippen molar-refractivity contribution in [1.29, 1.82) is 0 Å². The number of likely N-dealkylation sites (tertiary alicyclic amines) is 1. The molecule has 266 valence electrons. The number of ether oxygens (including phenoxy) is 1. The van der Waals surface area contributed by atoms with Gasteiger partial charge in [0.1, 0.15) is 11.1 Å². The van der Waals surface area contributed by atoms with Gasteiger partial charge >= 0.3 is 6.09 Å². The van der Waals surface area contributed by atoms with Crippen LogP contribution in [0.2, 0.25) is 5.04 Å². The second-order valence-corrected chi connectivity index (χ2v) is 22.1. The summed E-state index contributed by atoms with van der Waals surface area (Å²) in [6.07, 6.45) is 2.32. The Morgan fingerprint density at radius 2 is 1.44 bits per heavy atom. The third kappa shape index (κ3) is 6.35. The number of carbonyl (C=O) groups is 2. The van der Waals surface area contributed by atoms with E-state index in [2.05, 4.69) is 101 Å². The van der Waals surface area contributed by atoms with Crippen molar-refractivity contribution in [2.24, 2.45) is 11.3 Å². The number of hydrogen-bond acceptors (Lipinski definition) is 6. The Kier molecular flexibility index (Phi) is 9.46. The van der Waals surface area contributed by atoms with Crippen molar-refractivity contribution in [1.82, 2.24) is 10.2 Å². The summed E-state index contributed by atoms with van der Waals surface area (Å²) in [5, 5.41) is 17.7. The molecule has 0 bridgehead atoms. The first-order valence-corrected chi connectivity index (χ1v) is 20.5. The van der Waals surface area contributed by atoms with Gasteiger partial charge in [-0.3, -0.25) is 9.69 Å². The van der Waals surface area contributed by atoms with Crippen LogP contribution in [0.3, 0.4) is 0 Å². The lowest BCUT2D eigenvalue weighted by molar-refractivity contribution is -0.169. The number of nitrogens with one attached hydrogen (secondary N) is 1. The number of thioether (sulfide) groups is 1. The average molecular weight is 713 g/mol. The monoisotopic (exact) mass is 712 g/mol. The van der Waals surface area contributed by atoms with Crippen molar-refractivity contribution < 1.29 is 23.9 Å². The molecule has 2 fully saturated rings. The Bertz CT molecular complexity index is 1700. The Labute approximate surface area is 303 Å². The van der Waals surface area contributed by atoms with Crippen LogP contribution in [0, 0.1) is 11.3 Å². The molecule has 2 N–H and O–H groups in total. The fourth-order valence-corrected chi connectivity index (χ4v) is 14.6. The van der Waals surface area contributed by atoms with Gasteiger partial charge in [0.05, 0.1) is 6.10 Å². The maximum Gasteiger partial charge on any atom is 0.411 e. The predicted molar refractivity (Wildman–Crippen MR) is 203 cm³/mol. The van der Waals surface area contributed by atoms with E-state index in [0.717, 1.165) is 9.80 Å². The number of fused-ring (bicyclic) bond motifs is 1. The number of amides is 2. The summed E-state index contributed by atoms with van der Waals surface area (Å²) in [4.78, 5) is 31.4. The number of carbonyl (C=O) groups excluding carboxylic acids is 2. The predicted octanol–water partition coefficient (Wildman–Crippen LogP) is 7.24. The zero-order chi connectivity index (χ0) is 36.2. The van der Waals surface area contributed by atoms with Crippen LogP contribution in [0.5, 0.6) is 0 Å². The minimum absolute atomic E-state index is 0.280. The number of rotatable bonds is 6. The zero-order valence-corrected chi connectivity index (χ0v) is 32.5. The van der Waals surface area contributed by atoms with Crippen LogP contribution >= 0.6 is 11.8 Å². The first kappa shape index (κ1) is 36.4.